The highest BCUT2D eigenvalue weighted by atomic mass is 16.4. The smallest absolute Gasteiger partial charge is 0.221 e. The first-order valence-electron chi connectivity index (χ1n) is 7.83. The maximum absolute atomic E-state index is 12.3. The number of nitrogens with two attached hydrogens (primary N) is 1. The van der Waals surface area contributed by atoms with Crippen molar-refractivity contribution in [3.8, 4) is 0 Å². The van der Waals surface area contributed by atoms with Crippen LogP contribution in [0.15, 0.2) is 5.16 Å². The van der Waals surface area contributed by atoms with Gasteiger partial charge in [-0.05, 0) is 49.9 Å². The molecule has 2 saturated carbocycles. The van der Waals surface area contributed by atoms with E-state index in [1.54, 1.807) is 0 Å². The Morgan fingerprint density at radius 1 is 1.35 bits per heavy atom. The summed E-state index contributed by atoms with van der Waals surface area (Å²) in [6.07, 6.45) is 6.99. The summed E-state index contributed by atoms with van der Waals surface area (Å²) in [5.74, 6) is 2.27. The van der Waals surface area contributed by atoms with E-state index >= 15 is 0 Å². The first-order chi connectivity index (χ1) is 9.54. The van der Waals surface area contributed by atoms with Gasteiger partial charge < -0.3 is 16.3 Å². The second-order valence-corrected chi connectivity index (χ2v) is 6.46. The third-order valence-electron chi connectivity index (χ3n) is 5.52. The van der Waals surface area contributed by atoms with Crippen molar-refractivity contribution in [2.45, 2.75) is 64.3 Å². The molecular weight excluding hydrogens is 254 g/mol. The monoisotopic (exact) mass is 281 g/mol. The van der Waals surface area contributed by atoms with Gasteiger partial charge in [-0.3, -0.25) is 4.79 Å². The zero-order chi connectivity index (χ0) is 14.8. The maximum atomic E-state index is 12.3. The molecule has 0 aromatic rings. The van der Waals surface area contributed by atoms with E-state index in [0.717, 1.165) is 11.8 Å². The highest BCUT2D eigenvalue weighted by Crippen LogP contribution is 2.49. The van der Waals surface area contributed by atoms with Crippen molar-refractivity contribution >= 4 is 11.7 Å². The maximum Gasteiger partial charge on any atom is 0.221 e. The molecule has 3 atom stereocenters. The Morgan fingerprint density at radius 3 is 2.50 bits per heavy atom. The van der Waals surface area contributed by atoms with Crippen molar-refractivity contribution in [3.05, 3.63) is 0 Å². The molecule has 20 heavy (non-hydrogen) atoms. The molecule has 2 rings (SSSR count). The Morgan fingerprint density at radius 2 is 2.05 bits per heavy atom. The Kier molecular flexibility index (Phi) is 4.55. The van der Waals surface area contributed by atoms with Crippen LogP contribution in [0.3, 0.4) is 0 Å². The Labute approximate surface area is 121 Å². The van der Waals surface area contributed by atoms with Gasteiger partial charge in [0.05, 0.1) is 0 Å². The van der Waals surface area contributed by atoms with E-state index in [9.17, 15) is 4.79 Å². The highest BCUT2D eigenvalue weighted by molar-refractivity contribution is 5.93. The van der Waals surface area contributed by atoms with Crippen LogP contribution >= 0.6 is 0 Å². The van der Waals surface area contributed by atoms with Crippen LogP contribution in [0.1, 0.15) is 58.8 Å². The van der Waals surface area contributed by atoms with Crippen LogP contribution in [0.2, 0.25) is 0 Å². The molecule has 4 N–H and O–H groups in total. The Hall–Kier alpha value is -1.26. The number of nitrogens with zero attached hydrogens (tertiary/aromatic N) is 1. The van der Waals surface area contributed by atoms with Crippen LogP contribution in [-0.4, -0.2) is 22.5 Å². The molecule has 3 unspecified atom stereocenters. The predicted molar refractivity (Wildman–Crippen MR) is 78.4 cm³/mol. The molecule has 0 radical (unpaired) electrons. The van der Waals surface area contributed by atoms with Crippen molar-refractivity contribution in [1.29, 1.82) is 0 Å². The first-order valence-corrected chi connectivity index (χ1v) is 7.83. The van der Waals surface area contributed by atoms with E-state index in [1.807, 2.05) is 13.8 Å². The molecule has 114 valence electrons. The number of hydrogen-bond donors (Lipinski definition) is 3. The molecule has 0 saturated heterocycles. The number of rotatable bonds is 6. The lowest BCUT2D eigenvalue weighted by Crippen LogP contribution is -2.57. The Balaban J connectivity index is 1.95. The molecule has 0 aliphatic heterocycles. The van der Waals surface area contributed by atoms with E-state index in [-0.39, 0.29) is 11.7 Å². The van der Waals surface area contributed by atoms with Crippen molar-refractivity contribution < 1.29 is 10.0 Å². The largest absolute Gasteiger partial charge is 0.409 e. The third kappa shape index (κ3) is 2.76. The van der Waals surface area contributed by atoms with Gasteiger partial charge in [0, 0.05) is 6.42 Å². The van der Waals surface area contributed by atoms with E-state index in [1.165, 1.54) is 25.7 Å². The standard InChI is InChI=1S/C15H27N3O2/c1-3-15(4-2,14(16)18-20)17-13(19)9-12-8-10-5-6-11(12)7-10/h10-12,20H,3-9H2,1-2H3,(H2,16,18)(H,17,19). The van der Waals surface area contributed by atoms with Gasteiger partial charge in [-0.15, -0.1) is 0 Å². The van der Waals surface area contributed by atoms with Crippen molar-refractivity contribution in [1.82, 2.24) is 5.32 Å². The van der Waals surface area contributed by atoms with Gasteiger partial charge in [-0.25, -0.2) is 0 Å². The number of carbonyl (C=O) groups excluding carboxylic acids is 1. The summed E-state index contributed by atoms with van der Waals surface area (Å²) in [7, 11) is 0. The quantitative estimate of drug-likeness (QED) is 0.302. The number of oxime groups is 1. The number of fused-ring (bicyclic) bond motifs is 2. The normalized spacial score (nSPS) is 29.7. The second-order valence-electron chi connectivity index (χ2n) is 6.46. The lowest BCUT2D eigenvalue weighted by molar-refractivity contribution is -0.123. The Bertz CT molecular complexity index is 391. The first kappa shape index (κ1) is 15.1. The fourth-order valence-corrected chi connectivity index (χ4v) is 4.13. The minimum absolute atomic E-state index is 0.0397. The fraction of sp³-hybridized carbons (Fsp3) is 0.867. The summed E-state index contributed by atoms with van der Waals surface area (Å²) in [5, 5.41) is 15.0. The summed E-state index contributed by atoms with van der Waals surface area (Å²) in [4.78, 5) is 12.3. The third-order valence-corrected chi connectivity index (χ3v) is 5.52. The van der Waals surface area contributed by atoms with Gasteiger partial charge in [-0.2, -0.15) is 0 Å². The van der Waals surface area contributed by atoms with Crippen LogP contribution < -0.4 is 11.1 Å². The highest BCUT2D eigenvalue weighted by Gasteiger charge is 2.41. The molecule has 1 amide bonds. The van der Waals surface area contributed by atoms with Crippen LogP contribution in [0.4, 0.5) is 0 Å². The molecule has 2 aliphatic carbocycles. The molecule has 2 fully saturated rings. The summed E-state index contributed by atoms with van der Waals surface area (Å²) in [6.45, 7) is 3.89. The molecule has 0 spiro atoms. The molecule has 0 aromatic carbocycles. The topological polar surface area (TPSA) is 87.7 Å². The van der Waals surface area contributed by atoms with Crippen molar-refractivity contribution in [2.24, 2.45) is 28.6 Å². The van der Waals surface area contributed by atoms with Gasteiger partial charge >= 0.3 is 0 Å². The number of amidine groups is 1. The minimum Gasteiger partial charge on any atom is -0.409 e. The lowest BCUT2D eigenvalue weighted by Gasteiger charge is -2.32. The number of hydrogen-bond acceptors (Lipinski definition) is 3. The molecule has 5 nitrogen and oxygen atoms in total. The SMILES string of the molecule is CCC(CC)(NC(=O)CC1CC2CCC1C2)/C(N)=N/O. The van der Waals surface area contributed by atoms with Gasteiger partial charge in [-0.1, -0.05) is 25.4 Å². The fourth-order valence-electron chi connectivity index (χ4n) is 4.13. The molecule has 0 heterocycles. The van der Waals surface area contributed by atoms with Gasteiger partial charge in [0.15, 0.2) is 5.84 Å². The summed E-state index contributed by atoms with van der Waals surface area (Å²) in [5.41, 5.74) is 5.07. The molecular formula is C15H27N3O2. The lowest BCUT2D eigenvalue weighted by atomic mass is 9.85. The minimum atomic E-state index is -0.705. The van der Waals surface area contributed by atoms with Gasteiger partial charge in [0.2, 0.25) is 5.91 Å². The van der Waals surface area contributed by atoms with Crippen molar-refractivity contribution in [3.63, 3.8) is 0 Å². The second kappa shape index (κ2) is 6.02. The average Bonchev–Trinajstić information content (AvgIpc) is 3.06. The van der Waals surface area contributed by atoms with Crippen LogP contribution in [-0.2, 0) is 4.79 Å². The summed E-state index contributed by atoms with van der Waals surface area (Å²) >= 11 is 0. The molecule has 2 aliphatic rings. The molecule has 2 bridgehead atoms. The van der Waals surface area contributed by atoms with E-state index < -0.39 is 5.54 Å². The number of carbonyl (C=O) groups is 1. The predicted octanol–water partition coefficient (Wildman–Crippen LogP) is 2.23. The van der Waals surface area contributed by atoms with E-state index in [0.29, 0.717) is 25.2 Å². The van der Waals surface area contributed by atoms with Crippen LogP contribution in [0, 0.1) is 17.8 Å². The van der Waals surface area contributed by atoms with Crippen molar-refractivity contribution in [2.75, 3.05) is 0 Å². The average molecular weight is 281 g/mol. The van der Waals surface area contributed by atoms with Gasteiger partial charge in [0.1, 0.15) is 5.54 Å². The van der Waals surface area contributed by atoms with E-state index in [2.05, 4.69) is 10.5 Å². The van der Waals surface area contributed by atoms with Gasteiger partial charge in [0.25, 0.3) is 0 Å². The van der Waals surface area contributed by atoms with Crippen LogP contribution in [0.25, 0.3) is 0 Å². The van der Waals surface area contributed by atoms with E-state index in [4.69, 9.17) is 10.9 Å². The summed E-state index contributed by atoms with van der Waals surface area (Å²) < 4.78 is 0. The number of nitrogens with one attached hydrogen (secondary N) is 1. The zero-order valence-electron chi connectivity index (χ0n) is 12.6. The number of amides is 1. The summed E-state index contributed by atoms with van der Waals surface area (Å²) in [6, 6.07) is 0. The molecule has 0 aromatic heterocycles. The molecule has 5 heteroatoms. The van der Waals surface area contributed by atoms with Crippen LogP contribution in [0.5, 0.6) is 0 Å². The zero-order valence-corrected chi connectivity index (χ0v) is 12.6.